The number of fused-ring (bicyclic) bond motifs is 2. The minimum atomic E-state index is -4.23. The van der Waals surface area contributed by atoms with Gasteiger partial charge >= 0.3 is 18.2 Å². The van der Waals surface area contributed by atoms with Crippen molar-refractivity contribution < 1.29 is 27.1 Å². The Balaban J connectivity index is 1.69. The predicted octanol–water partition coefficient (Wildman–Crippen LogP) is 4.46. The Bertz CT molecular complexity index is 1000. The number of halogens is 3. The van der Waals surface area contributed by atoms with Gasteiger partial charge in [-0.3, -0.25) is 4.57 Å². The van der Waals surface area contributed by atoms with E-state index in [1.807, 2.05) is 6.07 Å². The first kappa shape index (κ1) is 17.6. The van der Waals surface area contributed by atoms with Crippen LogP contribution in [0.25, 0.3) is 16.8 Å². The molecule has 0 amide bonds. The number of benzene rings is 1. The largest absolute Gasteiger partial charge is 0.462 e. The van der Waals surface area contributed by atoms with Crippen LogP contribution in [0.3, 0.4) is 0 Å². The number of carbonyl (C=O) groups is 1. The predicted molar refractivity (Wildman–Crippen MR) is 90.9 cm³/mol. The molecule has 1 unspecified atom stereocenters. The summed E-state index contributed by atoms with van der Waals surface area (Å²) in [5, 5.41) is 1.45. The molecule has 4 rings (SSSR count). The average Bonchev–Trinajstić information content (AvgIpc) is 3.23. The van der Waals surface area contributed by atoms with Gasteiger partial charge in [0, 0.05) is 36.0 Å². The van der Waals surface area contributed by atoms with Gasteiger partial charge in [-0.2, -0.15) is 18.2 Å². The second-order valence-electron chi connectivity index (χ2n) is 6.54. The van der Waals surface area contributed by atoms with E-state index in [9.17, 15) is 18.0 Å². The van der Waals surface area contributed by atoms with E-state index in [1.165, 1.54) is 0 Å². The third-order valence-corrected chi connectivity index (χ3v) is 4.79. The highest BCUT2D eigenvalue weighted by atomic mass is 19.4. The summed E-state index contributed by atoms with van der Waals surface area (Å²) in [6, 6.07) is 5.44. The number of hydrogen-bond acceptors (Lipinski definition) is 4. The van der Waals surface area contributed by atoms with Crippen LogP contribution in [0.15, 0.2) is 35.0 Å². The topological polar surface area (TPSA) is 57.3 Å². The van der Waals surface area contributed by atoms with Gasteiger partial charge in [0.15, 0.2) is 0 Å². The van der Waals surface area contributed by atoms with Crippen molar-refractivity contribution in [3.8, 4) is 6.01 Å². The maximum absolute atomic E-state index is 13.0. The monoisotopic (exact) mass is 378 g/mol. The number of ether oxygens (including phenoxy) is 1. The Hall–Kier alpha value is -2.77. The summed E-state index contributed by atoms with van der Waals surface area (Å²) < 4.78 is 51.3. The Morgan fingerprint density at radius 1 is 1.37 bits per heavy atom. The van der Waals surface area contributed by atoms with Crippen molar-refractivity contribution in [2.24, 2.45) is 5.92 Å². The second kappa shape index (κ2) is 6.44. The molecule has 142 valence electrons. The van der Waals surface area contributed by atoms with Crippen molar-refractivity contribution >= 4 is 16.7 Å². The molecule has 3 aromatic rings. The molecule has 0 N–H and O–H groups in total. The molecule has 2 heterocycles. The lowest BCUT2D eigenvalue weighted by atomic mass is 9.90. The summed E-state index contributed by atoms with van der Waals surface area (Å²) in [5.41, 5.74) is 0.767. The van der Waals surface area contributed by atoms with Crippen molar-refractivity contribution in [1.82, 2.24) is 9.55 Å². The number of carbonyl (C=O) groups excluding carboxylic acids is 1. The van der Waals surface area contributed by atoms with Crippen LogP contribution in [0, 0.1) is 5.92 Å². The van der Waals surface area contributed by atoms with E-state index in [1.54, 1.807) is 36.0 Å². The van der Waals surface area contributed by atoms with Crippen LogP contribution in [0.4, 0.5) is 13.2 Å². The molecule has 0 fully saturated rings. The van der Waals surface area contributed by atoms with Gasteiger partial charge in [0.25, 0.3) is 0 Å². The summed E-state index contributed by atoms with van der Waals surface area (Å²) in [5.74, 6) is -1.32. The van der Waals surface area contributed by atoms with Crippen LogP contribution >= 0.6 is 0 Å². The van der Waals surface area contributed by atoms with Crippen molar-refractivity contribution in [2.75, 3.05) is 6.61 Å². The van der Waals surface area contributed by atoms with Crippen LogP contribution in [-0.4, -0.2) is 28.3 Å². The van der Waals surface area contributed by atoms with E-state index >= 15 is 0 Å². The standard InChI is InChI=1S/C19H17F3N2O3/c1-2-26-17(25)13-5-3-4-11-9-24(10-14(11)13)18-23-15-8-12(19(20,21)22)6-7-16(15)27-18/h3-5,9-10,12H,2,6-8H2,1H3. The molecule has 0 spiro atoms. The van der Waals surface area contributed by atoms with Crippen LogP contribution in [0.5, 0.6) is 0 Å². The molecule has 8 heteroatoms. The van der Waals surface area contributed by atoms with Gasteiger partial charge in [0.1, 0.15) is 5.76 Å². The fraction of sp³-hybridized carbons (Fsp3) is 0.368. The summed E-state index contributed by atoms with van der Waals surface area (Å²) in [6.07, 6.45) is -0.769. The van der Waals surface area contributed by atoms with Crippen LogP contribution in [-0.2, 0) is 17.6 Å². The number of aromatic nitrogens is 2. The van der Waals surface area contributed by atoms with E-state index in [2.05, 4.69) is 4.98 Å². The summed E-state index contributed by atoms with van der Waals surface area (Å²) >= 11 is 0. The van der Waals surface area contributed by atoms with Gasteiger partial charge in [-0.1, -0.05) is 12.1 Å². The number of hydrogen-bond donors (Lipinski definition) is 0. The third-order valence-electron chi connectivity index (χ3n) is 4.79. The van der Waals surface area contributed by atoms with Crippen molar-refractivity contribution in [1.29, 1.82) is 0 Å². The lowest BCUT2D eigenvalue weighted by molar-refractivity contribution is -0.177. The maximum atomic E-state index is 13.0. The zero-order valence-electron chi connectivity index (χ0n) is 14.5. The number of alkyl halides is 3. The molecule has 1 aliphatic rings. The molecular weight excluding hydrogens is 361 g/mol. The molecule has 0 aliphatic heterocycles. The molecule has 1 aromatic carbocycles. The van der Waals surface area contributed by atoms with Crippen molar-refractivity contribution in [2.45, 2.75) is 32.4 Å². The van der Waals surface area contributed by atoms with Crippen LogP contribution in [0.2, 0.25) is 0 Å². The van der Waals surface area contributed by atoms with Crippen molar-refractivity contribution in [3.05, 3.63) is 47.6 Å². The number of aryl methyl sites for hydroxylation is 1. The zero-order valence-corrected chi connectivity index (χ0v) is 14.5. The second-order valence-corrected chi connectivity index (χ2v) is 6.54. The molecule has 0 saturated carbocycles. The summed E-state index contributed by atoms with van der Waals surface area (Å²) in [7, 11) is 0. The van der Waals surface area contributed by atoms with Gasteiger partial charge in [0.2, 0.25) is 0 Å². The van der Waals surface area contributed by atoms with E-state index in [4.69, 9.17) is 9.15 Å². The smallest absolute Gasteiger partial charge is 0.392 e. The van der Waals surface area contributed by atoms with E-state index in [0.717, 1.165) is 5.39 Å². The Kier molecular flexibility index (Phi) is 4.20. The highest BCUT2D eigenvalue weighted by molar-refractivity contribution is 6.04. The maximum Gasteiger partial charge on any atom is 0.392 e. The molecule has 2 aromatic heterocycles. The first-order chi connectivity index (χ1) is 12.9. The quantitative estimate of drug-likeness (QED) is 0.632. The third kappa shape index (κ3) is 3.20. The number of oxazole rings is 1. The van der Waals surface area contributed by atoms with Crippen LogP contribution < -0.4 is 0 Å². The fourth-order valence-corrected chi connectivity index (χ4v) is 3.42. The lowest BCUT2D eigenvalue weighted by Crippen LogP contribution is -2.28. The first-order valence-corrected chi connectivity index (χ1v) is 8.70. The highest BCUT2D eigenvalue weighted by Gasteiger charge is 2.42. The fourth-order valence-electron chi connectivity index (χ4n) is 3.42. The van der Waals surface area contributed by atoms with Gasteiger partial charge in [-0.25, -0.2) is 4.79 Å². The van der Waals surface area contributed by atoms with E-state index in [0.29, 0.717) is 22.4 Å². The Labute approximate surface area is 152 Å². The summed E-state index contributed by atoms with van der Waals surface area (Å²) in [4.78, 5) is 16.4. The molecule has 0 radical (unpaired) electrons. The number of esters is 1. The lowest BCUT2D eigenvalue weighted by Gasteiger charge is -2.22. The molecular formula is C19H17F3N2O3. The molecule has 5 nitrogen and oxygen atoms in total. The van der Waals surface area contributed by atoms with Crippen molar-refractivity contribution in [3.63, 3.8) is 0 Å². The van der Waals surface area contributed by atoms with E-state index in [-0.39, 0.29) is 31.9 Å². The average molecular weight is 378 g/mol. The molecule has 0 saturated heterocycles. The van der Waals surface area contributed by atoms with Gasteiger partial charge in [-0.15, -0.1) is 0 Å². The summed E-state index contributed by atoms with van der Waals surface area (Å²) in [6.45, 7) is 2.00. The number of rotatable bonds is 3. The molecule has 1 aliphatic carbocycles. The number of nitrogens with zero attached hydrogens (tertiary/aromatic N) is 2. The zero-order chi connectivity index (χ0) is 19.2. The highest BCUT2D eigenvalue weighted by Crippen LogP contribution is 2.37. The van der Waals surface area contributed by atoms with Crippen LogP contribution in [0.1, 0.15) is 35.2 Å². The Morgan fingerprint density at radius 3 is 2.93 bits per heavy atom. The minimum absolute atomic E-state index is 0.00575. The molecule has 27 heavy (non-hydrogen) atoms. The molecule has 1 atom stereocenters. The first-order valence-electron chi connectivity index (χ1n) is 8.70. The van der Waals surface area contributed by atoms with Gasteiger partial charge in [-0.05, 0) is 19.4 Å². The molecule has 0 bridgehead atoms. The normalized spacial score (nSPS) is 17.1. The minimum Gasteiger partial charge on any atom is -0.462 e. The van der Waals surface area contributed by atoms with Gasteiger partial charge < -0.3 is 9.15 Å². The van der Waals surface area contributed by atoms with E-state index < -0.39 is 18.1 Å². The Morgan fingerprint density at radius 2 is 2.19 bits per heavy atom. The van der Waals surface area contributed by atoms with Gasteiger partial charge in [0.05, 0.1) is 23.8 Å². The SMILES string of the molecule is CCOC(=O)c1cccc2cn(-c3nc4c(o3)CCC(C(F)(F)F)C4)cc12.